The molecular weight excluding hydrogens is 246 g/mol. The number of carbonyl (C=O) groups excluding carboxylic acids is 2. The van der Waals surface area contributed by atoms with Gasteiger partial charge in [-0.25, -0.2) is 0 Å². The molecule has 0 bridgehead atoms. The van der Waals surface area contributed by atoms with Crippen LogP contribution in [0.15, 0.2) is 18.2 Å². The number of amides is 1. The number of benzene rings is 1. The molecule has 0 aromatic heterocycles. The Bertz CT molecular complexity index is 484. The largest absolute Gasteiger partial charge is 0.508 e. The molecule has 2 N–H and O–H groups in total. The van der Waals surface area contributed by atoms with Gasteiger partial charge in [-0.2, -0.15) is 0 Å². The van der Waals surface area contributed by atoms with Crippen LogP contribution in [0.1, 0.15) is 30.1 Å². The first-order chi connectivity index (χ1) is 8.97. The molecule has 1 saturated heterocycles. The zero-order chi connectivity index (χ0) is 14.0. The topological polar surface area (TPSA) is 77.8 Å². The lowest BCUT2D eigenvalue weighted by atomic mass is 9.93. The Kier molecular flexibility index (Phi) is 3.74. The third-order valence-electron chi connectivity index (χ3n) is 3.51. The standard InChI is InChI=1S/C14H17NO4/c1-9(16)10-2-4-15(5-3-10)14(19)11-6-12(17)8-13(18)7-11/h6-8,10,17-18H,2-5H2,1H3. The SMILES string of the molecule is CC(=O)C1CCN(C(=O)c2cc(O)cc(O)c2)CC1. The molecule has 2 rings (SSSR count). The van der Waals surface area contributed by atoms with Crippen LogP contribution in [-0.2, 0) is 4.79 Å². The normalized spacial score (nSPS) is 16.4. The fraction of sp³-hybridized carbons (Fsp3) is 0.429. The molecule has 1 aromatic carbocycles. The van der Waals surface area contributed by atoms with Crippen molar-refractivity contribution in [3.8, 4) is 11.5 Å². The number of phenolic OH excluding ortho intramolecular Hbond substituents is 2. The number of nitrogens with zero attached hydrogens (tertiary/aromatic N) is 1. The second kappa shape index (κ2) is 5.30. The van der Waals surface area contributed by atoms with Gasteiger partial charge in [-0.1, -0.05) is 0 Å². The number of hydrogen-bond donors (Lipinski definition) is 2. The molecule has 1 fully saturated rings. The third kappa shape index (κ3) is 3.05. The molecule has 1 aliphatic rings. The number of rotatable bonds is 2. The Morgan fingerprint density at radius 3 is 2.11 bits per heavy atom. The van der Waals surface area contributed by atoms with Crippen LogP contribution >= 0.6 is 0 Å². The number of piperidine rings is 1. The first-order valence-electron chi connectivity index (χ1n) is 6.30. The van der Waals surface area contributed by atoms with E-state index in [4.69, 9.17) is 0 Å². The van der Waals surface area contributed by atoms with Gasteiger partial charge in [0.25, 0.3) is 5.91 Å². The molecule has 1 aliphatic heterocycles. The monoisotopic (exact) mass is 263 g/mol. The number of carbonyl (C=O) groups is 2. The van der Waals surface area contributed by atoms with E-state index in [-0.39, 0.29) is 34.7 Å². The average molecular weight is 263 g/mol. The van der Waals surface area contributed by atoms with Crippen LogP contribution in [0.5, 0.6) is 11.5 Å². The van der Waals surface area contributed by atoms with E-state index >= 15 is 0 Å². The van der Waals surface area contributed by atoms with Crippen LogP contribution in [0.4, 0.5) is 0 Å². The molecule has 1 aromatic rings. The molecule has 102 valence electrons. The average Bonchev–Trinajstić information content (AvgIpc) is 2.37. The lowest BCUT2D eigenvalue weighted by Crippen LogP contribution is -2.39. The highest BCUT2D eigenvalue weighted by Crippen LogP contribution is 2.24. The quantitative estimate of drug-likeness (QED) is 0.848. The Labute approximate surface area is 111 Å². The van der Waals surface area contributed by atoms with Gasteiger partial charge in [0.1, 0.15) is 17.3 Å². The number of aromatic hydroxyl groups is 2. The van der Waals surface area contributed by atoms with E-state index in [1.807, 2.05) is 0 Å². The molecular formula is C14H17NO4. The highest BCUT2D eigenvalue weighted by Gasteiger charge is 2.26. The molecule has 0 spiro atoms. The van der Waals surface area contributed by atoms with E-state index in [2.05, 4.69) is 0 Å². The predicted molar refractivity (Wildman–Crippen MR) is 69.1 cm³/mol. The van der Waals surface area contributed by atoms with Gasteiger partial charge in [-0.3, -0.25) is 9.59 Å². The fourth-order valence-corrected chi connectivity index (χ4v) is 2.39. The first-order valence-corrected chi connectivity index (χ1v) is 6.30. The molecule has 5 nitrogen and oxygen atoms in total. The maximum Gasteiger partial charge on any atom is 0.254 e. The zero-order valence-electron chi connectivity index (χ0n) is 10.8. The van der Waals surface area contributed by atoms with Gasteiger partial charge in [0.15, 0.2) is 0 Å². The van der Waals surface area contributed by atoms with Crippen molar-refractivity contribution in [3.05, 3.63) is 23.8 Å². The summed E-state index contributed by atoms with van der Waals surface area (Å²) in [5, 5.41) is 18.8. The highest BCUT2D eigenvalue weighted by atomic mass is 16.3. The van der Waals surface area contributed by atoms with Gasteiger partial charge < -0.3 is 15.1 Å². The number of Topliss-reactive ketones (excluding diaryl/α,β-unsaturated/α-hetero) is 1. The lowest BCUT2D eigenvalue weighted by Gasteiger charge is -2.31. The summed E-state index contributed by atoms with van der Waals surface area (Å²) in [6.45, 7) is 2.63. The Balaban J connectivity index is 2.07. The van der Waals surface area contributed by atoms with E-state index in [9.17, 15) is 19.8 Å². The molecule has 5 heteroatoms. The second-order valence-corrected chi connectivity index (χ2v) is 4.92. The number of hydrogen-bond acceptors (Lipinski definition) is 4. The Hall–Kier alpha value is -2.04. The van der Waals surface area contributed by atoms with Crippen LogP contribution in [0, 0.1) is 5.92 Å². The van der Waals surface area contributed by atoms with Crippen LogP contribution in [0.2, 0.25) is 0 Å². The summed E-state index contributed by atoms with van der Waals surface area (Å²) in [5.41, 5.74) is 0.263. The van der Waals surface area contributed by atoms with Crippen molar-refractivity contribution in [2.45, 2.75) is 19.8 Å². The van der Waals surface area contributed by atoms with Gasteiger partial charge >= 0.3 is 0 Å². The van der Waals surface area contributed by atoms with Crippen LogP contribution in [0.25, 0.3) is 0 Å². The van der Waals surface area contributed by atoms with Crippen molar-refractivity contribution in [3.63, 3.8) is 0 Å². The van der Waals surface area contributed by atoms with Gasteiger partial charge in [-0.05, 0) is 31.9 Å². The summed E-state index contributed by atoms with van der Waals surface area (Å²) < 4.78 is 0. The molecule has 0 aliphatic carbocycles. The van der Waals surface area contributed by atoms with E-state index < -0.39 is 0 Å². The first kappa shape index (κ1) is 13.4. The molecule has 19 heavy (non-hydrogen) atoms. The van der Waals surface area contributed by atoms with Gasteiger partial charge in [0.2, 0.25) is 0 Å². The minimum absolute atomic E-state index is 0.0432. The van der Waals surface area contributed by atoms with Crippen molar-refractivity contribution in [2.24, 2.45) is 5.92 Å². The molecule has 0 saturated carbocycles. The van der Waals surface area contributed by atoms with Crippen molar-refractivity contribution in [1.29, 1.82) is 0 Å². The summed E-state index contributed by atoms with van der Waals surface area (Å²) in [6, 6.07) is 3.84. The van der Waals surface area contributed by atoms with E-state index in [0.29, 0.717) is 25.9 Å². The van der Waals surface area contributed by atoms with Crippen LogP contribution in [0.3, 0.4) is 0 Å². The van der Waals surface area contributed by atoms with Crippen molar-refractivity contribution >= 4 is 11.7 Å². The zero-order valence-corrected chi connectivity index (χ0v) is 10.8. The minimum Gasteiger partial charge on any atom is -0.508 e. The maximum atomic E-state index is 12.2. The smallest absolute Gasteiger partial charge is 0.254 e. The third-order valence-corrected chi connectivity index (χ3v) is 3.51. The minimum atomic E-state index is -0.229. The molecule has 0 unspecified atom stereocenters. The van der Waals surface area contributed by atoms with E-state index in [1.165, 1.54) is 18.2 Å². The summed E-state index contributed by atoms with van der Waals surface area (Å²) in [4.78, 5) is 25.1. The highest BCUT2D eigenvalue weighted by molar-refractivity contribution is 5.95. The molecule has 0 atom stereocenters. The second-order valence-electron chi connectivity index (χ2n) is 4.92. The Morgan fingerprint density at radius 1 is 1.11 bits per heavy atom. The van der Waals surface area contributed by atoms with Crippen molar-refractivity contribution in [1.82, 2.24) is 4.90 Å². The van der Waals surface area contributed by atoms with Crippen molar-refractivity contribution < 1.29 is 19.8 Å². The van der Waals surface area contributed by atoms with Gasteiger partial charge in [0.05, 0.1) is 0 Å². The Morgan fingerprint density at radius 2 is 1.63 bits per heavy atom. The summed E-state index contributed by atoms with van der Waals surface area (Å²) >= 11 is 0. The van der Waals surface area contributed by atoms with Crippen LogP contribution in [-0.4, -0.2) is 39.9 Å². The van der Waals surface area contributed by atoms with Crippen molar-refractivity contribution in [2.75, 3.05) is 13.1 Å². The summed E-state index contributed by atoms with van der Waals surface area (Å²) in [6.07, 6.45) is 1.34. The molecule has 1 heterocycles. The maximum absolute atomic E-state index is 12.2. The lowest BCUT2D eigenvalue weighted by molar-refractivity contribution is -0.121. The molecule has 1 amide bonds. The van der Waals surface area contributed by atoms with E-state index in [0.717, 1.165) is 0 Å². The van der Waals surface area contributed by atoms with E-state index in [1.54, 1.807) is 11.8 Å². The predicted octanol–water partition coefficient (Wildman–Crippen LogP) is 1.54. The number of ketones is 1. The van der Waals surface area contributed by atoms with Gasteiger partial charge in [-0.15, -0.1) is 0 Å². The number of likely N-dealkylation sites (tertiary alicyclic amines) is 1. The van der Waals surface area contributed by atoms with Gasteiger partial charge in [0, 0.05) is 30.6 Å². The summed E-state index contributed by atoms with van der Waals surface area (Å²) in [7, 11) is 0. The van der Waals surface area contributed by atoms with Crippen LogP contribution < -0.4 is 0 Å². The molecule has 0 radical (unpaired) electrons. The fourth-order valence-electron chi connectivity index (χ4n) is 2.39. The summed E-state index contributed by atoms with van der Waals surface area (Å²) in [5.74, 6) is -0.291. The number of phenols is 2.